The third-order valence-corrected chi connectivity index (χ3v) is 1.54. The van der Waals surface area contributed by atoms with Gasteiger partial charge in [0.1, 0.15) is 17.9 Å². The van der Waals surface area contributed by atoms with Crippen LogP contribution in [0.25, 0.3) is 0 Å². The predicted molar refractivity (Wildman–Crippen MR) is 47.0 cm³/mol. The van der Waals surface area contributed by atoms with Crippen molar-refractivity contribution < 1.29 is 4.74 Å². The molecule has 0 bridgehead atoms. The SMILES string of the molecule is CCOc1ccc(C#N)c(C#N)c1. The van der Waals surface area contributed by atoms with Gasteiger partial charge < -0.3 is 4.74 Å². The van der Waals surface area contributed by atoms with Gasteiger partial charge in [-0.2, -0.15) is 10.5 Å². The fourth-order valence-electron chi connectivity index (χ4n) is 0.970. The molecule has 0 unspecified atom stereocenters. The Bertz CT molecular complexity index is 385. The molecule has 0 saturated carbocycles. The molecule has 1 aromatic carbocycles. The third-order valence-electron chi connectivity index (χ3n) is 1.54. The lowest BCUT2D eigenvalue weighted by Crippen LogP contribution is -1.92. The molecule has 3 nitrogen and oxygen atoms in total. The maximum absolute atomic E-state index is 8.69. The Morgan fingerprint density at radius 2 is 1.92 bits per heavy atom. The molecule has 1 rings (SSSR count). The largest absolute Gasteiger partial charge is 0.494 e. The lowest BCUT2D eigenvalue weighted by Gasteiger charge is -2.02. The molecule has 0 aromatic heterocycles. The topological polar surface area (TPSA) is 56.8 Å². The average Bonchev–Trinajstić information content (AvgIpc) is 2.18. The van der Waals surface area contributed by atoms with E-state index >= 15 is 0 Å². The number of hydrogen-bond acceptors (Lipinski definition) is 3. The molecule has 0 heterocycles. The minimum Gasteiger partial charge on any atom is -0.494 e. The molecule has 0 radical (unpaired) electrons. The number of rotatable bonds is 2. The molecule has 0 aliphatic carbocycles. The number of ether oxygens (including phenoxy) is 1. The highest BCUT2D eigenvalue weighted by Gasteiger charge is 2.02. The second-order valence-corrected chi connectivity index (χ2v) is 2.36. The molecule has 1 aromatic rings. The first-order valence-electron chi connectivity index (χ1n) is 3.89. The molecule has 13 heavy (non-hydrogen) atoms. The van der Waals surface area contributed by atoms with E-state index in [1.54, 1.807) is 18.2 Å². The molecule has 0 amide bonds. The Hall–Kier alpha value is -2.00. The molecule has 0 aliphatic heterocycles. The molecule has 0 spiro atoms. The van der Waals surface area contributed by atoms with Crippen molar-refractivity contribution >= 4 is 0 Å². The van der Waals surface area contributed by atoms with E-state index < -0.39 is 0 Å². The van der Waals surface area contributed by atoms with E-state index in [0.717, 1.165) is 0 Å². The van der Waals surface area contributed by atoms with E-state index in [0.29, 0.717) is 23.5 Å². The Morgan fingerprint density at radius 3 is 2.46 bits per heavy atom. The van der Waals surface area contributed by atoms with Gasteiger partial charge in [0.25, 0.3) is 0 Å². The fraction of sp³-hybridized carbons (Fsp3) is 0.200. The zero-order valence-corrected chi connectivity index (χ0v) is 7.24. The van der Waals surface area contributed by atoms with Crippen LogP contribution in [0.3, 0.4) is 0 Å². The number of nitrogens with zero attached hydrogens (tertiary/aromatic N) is 2. The summed E-state index contributed by atoms with van der Waals surface area (Å²) in [4.78, 5) is 0. The third kappa shape index (κ3) is 1.98. The Labute approximate surface area is 76.8 Å². The van der Waals surface area contributed by atoms with E-state index in [2.05, 4.69) is 0 Å². The van der Waals surface area contributed by atoms with Crippen molar-refractivity contribution in [2.45, 2.75) is 6.92 Å². The second kappa shape index (κ2) is 4.13. The van der Waals surface area contributed by atoms with Crippen LogP contribution in [0.2, 0.25) is 0 Å². The van der Waals surface area contributed by atoms with E-state index in [1.165, 1.54) is 0 Å². The average molecular weight is 172 g/mol. The predicted octanol–water partition coefficient (Wildman–Crippen LogP) is 1.83. The van der Waals surface area contributed by atoms with Crippen molar-refractivity contribution in [2.24, 2.45) is 0 Å². The molecular weight excluding hydrogens is 164 g/mol. The van der Waals surface area contributed by atoms with Gasteiger partial charge in [-0.1, -0.05) is 0 Å². The molecule has 3 heteroatoms. The van der Waals surface area contributed by atoms with E-state index in [-0.39, 0.29) is 0 Å². The van der Waals surface area contributed by atoms with Crippen molar-refractivity contribution in [2.75, 3.05) is 6.61 Å². The number of nitriles is 2. The standard InChI is InChI=1S/C10H8N2O/c1-2-13-10-4-3-8(6-11)9(5-10)7-12/h3-5H,2H2,1H3. The Morgan fingerprint density at radius 1 is 1.23 bits per heavy atom. The highest BCUT2D eigenvalue weighted by atomic mass is 16.5. The van der Waals surface area contributed by atoms with Crippen LogP contribution in [0.5, 0.6) is 5.75 Å². The van der Waals surface area contributed by atoms with Crippen LogP contribution in [0.1, 0.15) is 18.1 Å². The minimum atomic E-state index is 0.355. The van der Waals surface area contributed by atoms with Gasteiger partial charge in [0.05, 0.1) is 17.7 Å². The van der Waals surface area contributed by atoms with Gasteiger partial charge in [-0.25, -0.2) is 0 Å². The molecule has 0 N–H and O–H groups in total. The van der Waals surface area contributed by atoms with Gasteiger partial charge in [0.15, 0.2) is 0 Å². The van der Waals surface area contributed by atoms with Gasteiger partial charge in [-0.3, -0.25) is 0 Å². The van der Waals surface area contributed by atoms with Gasteiger partial charge in [0.2, 0.25) is 0 Å². The molecule has 0 saturated heterocycles. The van der Waals surface area contributed by atoms with Crippen LogP contribution in [0.15, 0.2) is 18.2 Å². The van der Waals surface area contributed by atoms with Crippen molar-refractivity contribution in [3.8, 4) is 17.9 Å². The van der Waals surface area contributed by atoms with E-state index in [9.17, 15) is 0 Å². The van der Waals surface area contributed by atoms with Gasteiger partial charge >= 0.3 is 0 Å². The number of benzene rings is 1. The summed E-state index contributed by atoms with van der Waals surface area (Å²) in [5, 5.41) is 17.3. The maximum Gasteiger partial charge on any atom is 0.120 e. The Kier molecular flexibility index (Phi) is 2.89. The first-order chi connectivity index (χ1) is 6.31. The van der Waals surface area contributed by atoms with Crippen molar-refractivity contribution in [1.82, 2.24) is 0 Å². The molecule has 0 fully saturated rings. The van der Waals surface area contributed by atoms with Gasteiger partial charge in [-0.15, -0.1) is 0 Å². The van der Waals surface area contributed by atoms with Crippen molar-refractivity contribution in [3.63, 3.8) is 0 Å². The summed E-state index contributed by atoms with van der Waals surface area (Å²) in [7, 11) is 0. The fourth-order valence-corrected chi connectivity index (χ4v) is 0.970. The summed E-state index contributed by atoms with van der Waals surface area (Å²) in [6, 6.07) is 8.72. The first-order valence-corrected chi connectivity index (χ1v) is 3.89. The molecule has 0 atom stereocenters. The van der Waals surface area contributed by atoms with E-state index in [4.69, 9.17) is 15.3 Å². The van der Waals surface area contributed by atoms with Gasteiger partial charge in [0, 0.05) is 0 Å². The molecule has 0 aliphatic rings. The van der Waals surface area contributed by atoms with Crippen LogP contribution >= 0.6 is 0 Å². The van der Waals surface area contributed by atoms with Crippen LogP contribution in [-0.2, 0) is 0 Å². The second-order valence-electron chi connectivity index (χ2n) is 2.36. The zero-order valence-electron chi connectivity index (χ0n) is 7.24. The van der Waals surface area contributed by atoms with E-state index in [1.807, 2.05) is 19.1 Å². The summed E-state index contributed by atoms with van der Waals surface area (Å²) in [6.45, 7) is 2.42. The van der Waals surface area contributed by atoms with Crippen LogP contribution in [-0.4, -0.2) is 6.61 Å². The molecular formula is C10H8N2O. The summed E-state index contributed by atoms with van der Waals surface area (Å²) < 4.78 is 5.19. The van der Waals surface area contributed by atoms with Crippen LogP contribution < -0.4 is 4.74 Å². The monoisotopic (exact) mass is 172 g/mol. The summed E-state index contributed by atoms with van der Waals surface area (Å²) in [6.07, 6.45) is 0. The lowest BCUT2D eigenvalue weighted by atomic mass is 10.1. The molecule has 64 valence electrons. The first kappa shape index (κ1) is 9.09. The quantitative estimate of drug-likeness (QED) is 0.683. The van der Waals surface area contributed by atoms with Crippen molar-refractivity contribution in [1.29, 1.82) is 10.5 Å². The Balaban J connectivity index is 3.09. The minimum absolute atomic E-state index is 0.355. The smallest absolute Gasteiger partial charge is 0.120 e. The maximum atomic E-state index is 8.69. The lowest BCUT2D eigenvalue weighted by molar-refractivity contribution is 0.340. The van der Waals surface area contributed by atoms with Crippen LogP contribution in [0, 0.1) is 22.7 Å². The number of hydrogen-bond donors (Lipinski definition) is 0. The zero-order chi connectivity index (χ0) is 9.68. The summed E-state index contributed by atoms with van der Waals surface area (Å²) >= 11 is 0. The van der Waals surface area contributed by atoms with Crippen molar-refractivity contribution in [3.05, 3.63) is 29.3 Å². The highest BCUT2D eigenvalue weighted by Crippen LogP contribution is 2.16. The summed E-state index contributed by atoms with van der Waals surface area (Å²) in [5.41, 5.74) is 0.736. The normalized spacial score (nSPS) is 8.54. The highest BCUT2D eigenvalue weighted by molar-refractivity contribution is 5.49. The van der Waals surface area contributed by atoms with Gasteiger partial charge in [-0.05, 0) is 25.1 Å². The summed E-state index contributed by atoms with van der Waals surface area (Å²) in [5.74, 6) is 0.623. The van der Waals surface area contributed by atoms with Crippen LogP contribution in [0.4, 0.5) is 0 Å².